The Morgan fingerprint density at radius 2 is 1.76 bits per heavy atom. The molecule has 3 rings (SSSR count). The summed E-state index contributed by atoms with van der Waals surface area (Å²) < 4.78 is 13.2. The molecule has 1 saturated heterocycles. The van der Waals surface area contributed by atoms with E-state index >= 15 is 0 Å². The summed E-state index contributed by atoms with van der Waals surface area (Å²) in [6.07, 6.45) is 1.60. The second-order valence-electron chi connectivity index (χ2n) is 5.89. The van der Waals surface area contributed by atoms with Crippen molar-refractivity contribution in [1.82, 2.24) is 14.8 Å². The molecule has 0 atom stereocenters. The summed E-state index contributed by atoms with van der Waals surface area (Å²) in [6, 6.07) is 9.06. The first-order chi connectivity index (χ1) is 12.0. The molecule has 25 heavy (non-hydrogen) atoms. The highest BCUT2D eigenvalue weighted by molar-refractivity contribution is 5.94. The predicted octanol–water partition coefficient (Wildman–Crippen LogP) is 1.04. The Kier molecular flexibility index (Phi) is 4.92. The van der Waals surface area contributed by atoms with Crippen molar-refractivity contribution in [1.29, 1.82) is 0 Å². The van der Waals surface area contributed by atoms with Crippen LogP contribution in [0.2, 0.25) is 0 Å². The summed E-state index contributed by atoms with van der Waals surface area (Å²) in [5.41, 5.74) is 0.304. The van der Waals surface area contributed by atoms with Gasteiger partial charge >= 0.3 is 0 Å². The SMILES string of the molecule is O=C(Cc1cccc(F)c1)N1CCN(C(=O)c2ccc[nH]c2=O)CC1. The van der Waals surface area contributed by atoms with Crippen LogP contribution in [0.15, 0.2) is 47.4 Å². The maximum atomic E-state index is 13.2. The Morgan fingerprint density at radius 3 is 2.44 bits per heavy atom. The minimum absolute atomic E-state index is 0.0991. The van der Waals surface area contributed by atoms with Gasteiger partial charge in [0, 0.05) is 32.4 Å². The van der Waals surface area contributed by atoms with Gasteiger partial charge < -0.3 is 14.8 Å². The molecule has 2 amide bonds. The summed E-state index contributed by atoms with van der Waals surface area (Å²) in [6.45, 7) is 1.51. The Bertz CT molecular complexity index is 841. The Labute approximate surface area is 143 Å². The number of benzene rings is 1. The molecular weight excluding hydrogens is 325 g/mol. The molecule has 1 aromatic carbocycles. The highest BCUT2D eigenvalue weighted by Crippen LogP contribution is 2.10. The highest BCUT2D eigenvalue weighted by atomic mass is 19.1. The monoisotopic (exact) mass is 343 g/mol. The zero-order valence-electron chi connectivity index (χ0n) is 13.6. The van der Waals surface area contributed by atoms with Gasteiger partial charge in [-0.1, -0.05) is 12.1 Å². The van der Waals surface area contributed by atoms with Crippen LogP contribution in [-0.4, -0.2) is 52.8 Å². The number of halogens is 1. The molecule has 0 saturated carbocycles. The van der Waals surface area contributed by atoms with Crippen molar-refractivity contribution in [3.63, 3.8) is 0 Å². The standard InChI is InChI=1S/C18H18FN3O3/c19-14-4-1-3-13(11-14)12-16(23)21-7-9-22(10-8-21)18(25)15-5-2-6-20-17(15)24/h1-6,11H,7-10,12H2,(H,20,24). The van der Waals surface area contributed by atoms with E-state index in [1.807, 2.05) is 0 Å². The van der Waals surface area contributed by atoms with E-state index in [1.165, 1.54) is 24.4 Å². The van der Waals surface area contributed by atoms with E-state index in [4.69, 9.17) is 0 Å². The predicted molar refractivity (Wildman–Crippen MR) is 89.7 cm³/mol. The minimum Gasteiger partial charge on any atom is -0.339 e. The number of hydrogen-bond acceptors (Lipinski definition) is 3. The van der Waals surface area contributed by atoms with E-state index in [9.17, 15) is 18.8 Å². The largest absolute Gasteiger partial charge is 0.339 e. The van der Waals surface area contributed by atoms with Gasteiger partial charge in [-0.05, 0) is 29.8 Å². The molecule has 1 aromatic heterocycles. The van der Waals surface area contributed by atoms with Gasteiger partial charge in [0.1, 0.15) is 11.4 Å². The lowest BCUT2D eigenvalue weighted by molar-refractivity contribution is -0.131. The number of nitrogens with one attached hydrogen (secondary N) is 1. The number of piperazine rings is 1. The number of carbonyl (C=O) groups excluding carboxylic acids is 2. The maximum Gasteiger partial charge on any atom is 0.260 e. The van der Waals surface area contributed by atoms with Crippen LogP contribution in [0, 0.1) is 5.82 Å². The molecule has 1 N–H and O–H groups in total. The second kappa shape index (κ2) is 7.29. The van der Waals surface area contributed by atoms with Crippen LogP contribution in [0.1, 0.15) is 15.9 Å². The van der Waals surface area contributed by atoms with Gasteiger partial charge in [-0.2, -0.15) is 0 Å². The molecule has 1 fully saturated rings. The quantitative estimate of drug-likeness (QED) is 0.905. The molecule has 2 heterocycles. The van der Waals surface area contributed by atoms with E-state index in [1.54, 1.807) is 28.0 Å². The fourth-order valence-corrected chi connectivity index (χ4v) is 2.85. The Balaban J connectivity index is 1.58. The third-order valence-corrected chi connectivity index (χ3v) is 4.21. The number of hydrogen-bond donors (Lipinski definition) is 1. The van der Waals surface area contributed by atoms with Gasteiger partial charge in [-0.3, -0.25) is 14.4 Å². The molecule has 130 valence electrons. The van der Waals surface area contributed by atoms with E-state index < -0.39 is 5.56 Å². The number of H-pyrrole nitrogens is 1. The summed E-state index contributed by atoms with van der Waals surface area (Å²) in [4.78, 5) is 42.1. The second-order valence-corrected chi connectivity index (χ2v) is 5.89. The topological polar surface area (TPSA) is 73.5 Å². The fourth-order valence-electron chi connectivity index (χ4n) is 2.85. The van der Waals surface area contributed by atoms with Crippen LogP contribution in [0.5, 0.6) is 0 Å². The summed E-state index contributed by atoms with van der Waals surface area (Å²) in [5, 5.41) is 0. The first-order valence-electron chi connectivity index (χ1n) is 8.04. The molecule has 7 heteroatoms. The number of rotatable bonds is 3. The van der Waals surface area contributed by atoms with Crippen LogP contribution in [0.25, 0.3) is 0 Å². The molecule has 0 unspecified atom stereocenters. The zero-order valence-corrected chi connectivity index (χ0v) is 13.6. The van der Waals surface area contributed by atoms with E-state index in [2.05, 4.69) is 4.98 Å². The van der Waals surface area contributed by atoms with Crippen LogP contribution < -0.4 is 5.56 Å². The van der Waals surface area contributed by atoms with E-state index in [-0.39, 0.29) is 29.6 Å². The van der Waals surface area contributed by atoms with Crippen molar-refractivity contribution in [2.75, 3.05) is 26.2 Å². The molecule has 0 bridgehead atoms. The lowest BCUT2D eigenvalue weighted by Gasteiger charge is -2.34. The molecule has 1 aliphatic heterocycles. The molecule has 1 aliphatic rings. The van der Waals surface area contributed by atoms with Crippen molar-refractivity contribution in [3.8, 4) is 0 Å². The van der Waals surface area contributed by atoms with Gasteiger partial charge in [0.25, 0.3) is 11.5 Å². The maximum absolute atomic E-state index is 13.2. The Hall–Kier alpha value is -2.96. The summed E-state index contributed by atoms with van der Waals surface area (Å²) >= 11 is 0. The third kappa shape index (κ3) is 3.93. The lowest BCUT2D eigenvalue weighted by atomic mass is 10.1. The molecule has 2 aromatic rings. The molecule has 0 radical (unpaired) electrons. The first-order valence-corrected chi connectivity index (χ1v) is 8.04. The number of aromatic nitrogens is 1. The van der Waals surface area contributed by atoms with Gasteiger partial charge in [0.2, 0.25) is 5.91 Å². The van der Waals surface area contributed by atoms with Crippen molar-refractivity contribution >= 4 is 11.8 Å². The molecule has 0 spiro atoms. The normalized spacial score (nSPS) is 14.4. The van der Waals surface area contributed by atoms with Crippen molar-refractivity contribution < 1.29 is 14.0 Å². The smallest absolute Gasteiger partial charge is 0.260 e. The number of aromatic amines is 1. The average Bonchev–Trinajstić information content (AvgIpc) is 2.62. The summed E-state index contributed by atoms with van der Waals surface area (Å²) in [5.74, 6) is -0.803. The van der Waals surface area contributed by atoms with Crippen molar-refractivity contribution in [2.24, 2.45) is 0 Å². The summed E-state index contributed by atoms with van der Waals surface area (Å²) in [7, 11) is 0. The molecular formula is C18H18FN3O3. The van der Waals surface area contributed by atoms with Crippen LogP contribution in [0.3, 0.4) is 0 Å². The van der Waals surface area contributed by atoms with Gasteiger partial charge in [-0.25, -0.2) is 4.39 Å². The number of pyridine rings is 1. The minimum atomic E-state index is -0.419. The fraction of sp³-hybridized carbons (Fsp3) is 0.278. The first kappa shape index (κ1) is 16.9. The van der Waals surface area contributed by atoms with Crippen molar-refractivity contribution in [2.45, 2.75) is 6.42 Å². The molecule has 6 nitrogen and oxygen atoms in total. The van der Waals surface area contributed by atoms with Crippen LogP contribution in [0.4, 0.5) is 4.39 Å². The van der Waals surface area contributed by atoms with Gasteiger partial charge in [-0.15, -0.1) is 0 Å². The van der Waals surface area contributed by atoms with Gasteiger partial charge in [0.15, 0.2) is 0 Å². The van der Waals surface area contributed by atoms with E-state index in [0.29, 0.717) is 31.7 Å². The Morgan fingerprint density at radius 1 is 1.04 bits per heavy atom. The van der Waals surface area contributed by atoms with Gasteiger partial charge in [0.05, 0.1) is 6.42 Å². The average molecular weight is 343 g/mol. The molecule has 0 aliphatic carbocycles. The zero-order chi connectivity index (χ0) is 17.8. The van der Waals surface area contributed by atoms with E-state index in [0.717, 1.165) is 0 Å². The number of carbonyl (C=O) groups is 2. The van der Waals surface area contributed by atoms with Crippen LogP contribution in [-0.2, 0) is 11.2 Å². The number of nitrogens with zero attached hydrogens (tertiary/aromatic N) is 2. The number of amides is 2. The van der Waals surface area contributed by atoms with Crippen LogP contribution >= 0.6 is 0 Å². The van der Waals surface area contributed by atoms with Crippen molar-refractivity contribution in [3.05, 3.63) is 69.9 Å². The highest BCUT2D eigenvalue weighted by Gasteiger charge is 2.25. The lowest BCUT2D eigenvalue weighted by Crippen LogP contribution is -2.51. The third-order valence-electron chi connectivity index (χ3n) is 4.21.